The second-order valence-corrected chi connectivity index (χ2v) is 14.8. The van der Waals surface area contributed by atoms with Crippen molar-refractivity contribution < 1.29 is 40.7 Å². The number of carbonyl (C=O) groups is 2. The van der Waals surface area contributed by atoms with Gasteiger partial charge in [-0.15, -0.1) is 0 Å². The number of pyridine rings is 1. The molecule has 17 heteroatoms. The van der Waals surface area contributed by atoms with Crippen molar-refractivity contribution in [2.45, 2.75) is 70.6 Å². The van der Waals surface area contributed by atoms with Gasteiger partial charge in [0, 0.05) is 17.3 Å². The normalized spacial score (nSPS) is 19.0. The van der Waals surface area contributed by atoms with Crippen LogP contribution in [0.2, 0.25) is 5.02 Å². The maximum atomic E-state index is 16.3. The van der Waals surface area contributed by atoms with E-state index in [1.807, 2.05) is 20.8 Å². The average molecular weight is 762 g/mol. The van der Waals surface area contributed by atoms with E-state index in [0.29, 0.717) is 11.3 Å². The Kier molecular flexibility index (Phi) is 9.81. The summed E-state index contributed by atoms with van der Waals surface area (Å²) in [6.07, 6.45) is -6.76. The first-order valence-electron chi connectivity index (χ1n) is 16.5. The molecule has 1 fully saturated rings. The maximum Gasteiger partial charge on any atom is 0.395 e. The topological polar surface area (TPSA) is 129 Å². The zero-order valence-corrected chi connectivity index (χ0v) is 29.4. The number of amides is 1. The van der Waals surface area contributed by atoms with Crippen molar-refractivity contribution in [2.24, 2.45) is 21.6 Å². The molecule has 1 amide bonds. The lowest BCUT2D eigenvalue weighted by Crippen LogP contribution is -2.47. The van der Waals surface area contributed by atoms with Crippen LogP contribution in [0.15, 0.2) is 72.1 Å². The number of aromatic nitrogens is 4. The molecule has 0 radical (unpaired) electrons. The highest BCUT2D eigenvalue weighted by Gasteiger charge is 2.64. The molecule has 2 aromatic heterocycles. The van der Waals surface area contributed by atoms with Crippen molar-refractivity contribution in [3.05, 3.63) is 94.9 Å². The molecule has 0 unspecified atom stereocenters. The third-order valence-electron chi connectivity index (χ3n) is 9.29. The molecule has 6 rings (SSSR count). The van der Waals surface area contributed by atoms with Crippen LogP contribution in [0.5, 0.6) is 0 Å². The lowest BCUT2D eigenvalue weighted by Gasteiger charge is -2.35. The number of aliphatic imine (C=N–C) groups is 1. The van der Waals surface area contributed by atoms with Gasteiger partial charge in [0.2, 0.25) is 0 Å². The van der Waals surface area contributed by atoms with Crippen molar-refractivity contribution >= 4 is 29.4 Å². The summed E-state index contributed by atoms with van der Waals surface area (Å²) in [6.45, 7) is 4.71. The Balaban J connectivity index is 1.43. The number of guanidine groups is 1. The van der Waals surface area contributed by atoms with Gasteiger partial charge in [0.05, 0.1) is 34.3 Å². The Morgan fingerprint density at radius 1 is 1.06 bits per heavy atom. The van der Waals surface area contributed by atoms with Crippen molar-refractivity contribution in [2.75, 3.05) is 6.61 Å². The second-order valence-electron chi connectivity index (χ2n) is 14.3. The van der Waals surface area contributed by atoms with Gasteiger partial charge in [-0.25, -0.2) is 27.8 Å². The lowest BCUT2D eigenvalue weighted by molar-refractivity contribution is -0.195. The minimum absolute atomic E-state index is 0.0516. The van der Waals surface area contributed by atoms with Crippen LogP contribution in [-0.2, 0) is 19.9 Å². The highest BCUT2D eigenvalue weighted by Crippen LogP contribution is 2.60. The van der Waals surface area contributed by atoms with E-state index in [0.717, 1.165) is 15.9 Å². The minimum atomic E-state index is -4.64. The largest absolute Gasteiger partial charge is 0.463 e. The fraction of sp³-hybridized carbons (Fsp3) is 0.389. The Morgan fingerprint density at radius 3 is 2.40 bits per heavy atom. The van der Waals surface area contributed by atoms with Crippen LogP contribution in [-0.4, -0.2) is 55.3 Å². The monoisotopic (exact) mass is 761 g/mol. The Hall–Kier alpha value is -4.99. The molecule has 0 bridgehead atoms. The molecular weight excluding hydrogens is 728 g/mol. The molecule has 10 nitrogen and oxygen atoms in total. The Morgan fingerprint density at radius 2 is 1.79 bits per heavy atom. The van der Waals surface area contributed by atoms with Crippen molar-refractivity contribution in [3.8, 4) is 16.9 Å². The molecule has 280 valence electrons. The van der Waals surface area contributed by atoms with Crippen LogP contribution in [0.1, 0.15) is 75.9 Å². The molecule has 3 heterocycles. The van der Waals surface area contributed by atoms with Crippen LogP contribution in [0.3, 0.4) is 0 Å². The molecule has 2 aromatic carbocycles. The molecule has 2 atom stereocenters. The van der Waals surface area contributed by atoms with Crippen LogP contribution in [0.25, 0.3) is 16.9 Å². The number of hydrogen-bond acceptors (Lipinski definition) is 8. The first kappa shape index (κ1) is 37.8. The molecule has 2 N–H and O–H groups in total. The molecule has 0 spiro atoms. The van der Waals surface area contributed by atoms with E-state index in [2.05, 4.69) is 20.1 Å². The van der Waals surface area contributed by atoms with Gasteiger partial charge in [-0.1, -0.05) is 56.6 Å². The van der Waals surface area contributed by atoms with Crippen LogP contribution in [0, 0.1) is 16.6 Å². The van der Waals surface area contributed by atoms with Gasteiger partial charge in [-0.05, 0) is 60.6 Å². The fourth-order valence-electron chi connectivity index (χ4n) is 6.61. The van der Waals surface area contributed by atoms with Gasteiger partial charge in [0.1, 0.15) is 18.8 Å². The van der Waals surface area contributed by atoms with E-state index in [1.165, 1.54) is 30.3 Å². The third kappa shape index (κ3) is 7.33. The smallest absolute Gasteiger partial charge is 0.395 e. The number of hydrogen-bond donors (Lipinski definition) is 1. The van der Waals surface area contributed by atoms with Crippen molar-refractivity contribution in [1.82, 2.24) is 24.6 Å². The predicted octanol–water partition coefficient (Wildman–Crippen LogP) is 7.86. The number of ether oxygens (including phenoxy) is 1. The van der Waals surface area contributed by atoms with Gasteiger partial charge < -0.3 is 10.5 Å². The molecule has 53 heavy (non-hydrogen) atoms. The summed E-state index contributed by atoms with van der Waals surface area (Å²) in [5.41, 5.74) is 2.48. The quantitative estimate of drug-likeness (QED) is 0.122. The number of carbonyl (C=O) groups excluding carboxylic acids is 2. The summed E-state index contributed by atoms with van der Waals surface area (Å²) >= 11 is 6.41. The van der Waals surface area contributed by atoms with E-state index in [1.54, 1.807) is 30.5 Å². The molecule has 2 aliphatic rings. The maximum absolute atomic E-state index is 16.3. The highest BCUT2D eigenvalue weighted by atomic mass is 35.5. The molecule has 4 aromatic rings. The van der Waals surface area contributed by atoms with Crippen LogP contribution >= 0.6 is 11.6 Å². The highest BCUT2D eigenvalue weighted by molar-refractivity contribution is 6.32. The van der Waals surface area contributed by atoms with Gasteiger partial charge in [-0.3, -0.25) is 19.5 Å². The van der Waals surface area contributed by atoms with Gasteiger partial charge in [-0.2, -0.15) is 18.3 Å². The molecule has 1 saturated carbocycles. The summed E-state index contributed by atoms with van der Waals surface area (Å²) in [7, 11) is 0. The predicted molar refractivity (Wildman–Crippen MR) is 181 cm³/mol. The van der Waals surface area contributed by atoms with Gasteiger partial charge in [0.15, 0.2) is 17.3 Å². The van der Waals surface area contributed by atoms with E-state index >= 15 is 4.39 Å². The number of nitrogens with two attached hydrogens (primary N) is 1. The summed E-state index contributed by atoms with van der Waals surface area (Å²) in [4.78, 5) is 41.2. The van der Waals surface area contributed by atoms with Crippen molar-refractivity contribution in [3.63, 3.8) is 0 Å². The standard InChI is InChI=1S/C36H34ClF6N7O3/c1-33(2,3)18-35(22-9-7-20(14-24(22)38)25-6-4-5-13-45-25)31(52)49(32(44)48-35)27(17-53-28(51)16-34(11-12-34)36(41,42)43)21-8-10-23(37)26(15-21)50-30(29(39)40)46-19-47-50/h4-10,13-15,19,27,29H,11-12,16-18H2,1-3H3,(H2,44,48)/t27-,35-/m1/s1. The first-order chi connectivity index (χ1) is 24.9. The number of alkyl halides is 5. The summed E-state index contributed by atoms with van der Waals surface area (Å²) in [5.74, 6) is -3.95. The van der Waals surface area contributed by atoms with Gasteiger partial charge >= 0.3 is 12.1 Å². The van der Waals surface area contributed by atoms with E-state index < -0.39 is 77.5 Å². The second kappa shape index (κ2) is 13.8. The van der Waals surface area contributed by atoms with Crippen LogP contribution in [0.4, 0.5) is 26.3 Å². The lowest BCUT2D eigenvalue weighted by atomic mass is 9.75. The third-order valence-corrected chi connectivity index (χ3v) is 9.61. The Bertz CT molecular complexity index is 2060. The number of rotatable bonds is 11. The number of halogens is 7. The Labute approximate surface area is 305 Å². The van der Waals surface area contributed by atoms with Gasteiger partial charge in [0.25, 0.3) is 12.3 Å². The fourth-order valence-corrected chi connectivity index (χ4v) is 6.81. The zero-order valence-electron chi connectivity index (χ0n) is 28.7. The van der Waals surface area contributed by atoms with Crippen molar-refractivity contribution in [1.29, 1.82) is 0 Å². The zero-order chi connectivity index (χ0) is 38.5. The van der Waals surface area contributed by atoms with E-state index in [-0.39, 0.29) is 41.1 Å². The molecule has 0 saturated heterocycles. The van der Waals surface area contributed by atoms with Crippen LogP contribution < -0.4 is 5.73 Å². The molecule has 1 aliphatic heterocycles. The SMILES string of the molecule is CC(C)(C)C[C@]1(c2ccc(-c3ccccn3)cc2F)N=C(N)N([C@H](COC(=O)CC2(C(F)(F)F)CC2)c2ccc(Cl)c(-n3ncnc3C(F)F)c2)C1=O. The molecular formula is C36H34ClF6N7O3. The summed E-state index contributed by atoms with van der Waals surface area (Å²) in [5, 5.41) is 3.81. The summed E-state index contributed by atoms with van der Waals surface area (Å²) in [6, 6.07) is 12.0. The number of esters is 1. The average Bonchev–Trinajstić information content (AvgIpc) is 3.63. The number of nitrogens with zero attached hydrogens (tertiary/aromatic N) is 6. The molecule has 1 aliphatic carbocycles. The minimum Gasteiger partial charge on any atom is -0.463 e. The summed E-state index contributed by atoms with van der Waals surface area (Å²) < 4.78 is 91.2. The first-order valence-corrected chi connectivity index (χ1v) is 16.8. The van der Waals surface area contributed by atoms with E-state index in [9.17, 15) is 31.5 Å². The number of benzene rings is 2. The van der Waals surface area contributed by atoms with E-state index in [4.69, 9.17) is 22.1 Å².